The molecule has 1 aromatic rings. The van der Waals surface area contributed by atoms with E-state index in [0.29, 0.717) is 6.04 Å². The predicted molar refractivity (Wildman–Crippen MR) is 55.5 cm³/mol. The van der Waals surface area contributed by atoms with Gasteiger partial charge in [0.05, 0.1) is 11.0 Å². The summed E-state index contributed by atoms with van der Waals surface area (Å²) in [7, 11) is 0. The van der Waals surface area contributed by atoms with Crippen LogP contribution in [0.2, 0.25) is 0 Å². The minimum Gasteiger partial charge on any atom is -0.467 e. The normalized spacial score (nSPS) is 24.0. The fourth-order valence-corrected chi connectivity index (χ4v) is 2.21. The lowest BCUT2D eigenvalue weighted by molar-refractivity contribution is 0.238. The van der Waals surface area contributed by atoms with E-state index in [1.807, 2.05) is 6.07 Å². The molecule has 1 unspecified atom stereocenters. The molecule has 2 heterocycles. The Bertz CT molecular complexity index is 284. The van der Waals surface area contributed by atoms with Gasteiger partial charge in [0.25, 0.3) is 0 Å². The molecule has 13 heavy (non-hydrogen) atoms. The van der Waals surface area contributed by atoms with E-state index in [2.05, 4.69) is 27.8 Å². The van der Waals surface area contributed by atoms with Crippen LogP contribution in [0.3, 0.4) is 0 Å². The Hall–Kier alpha value is -0.280. The second-order valence-electron chi connectivity index (χ2n) is 3.69. The molecule has 72 valence electrons. The molecule has 0 spiro atoms. The van der Waals surface area contributed by atoms with Crippen molar-refractivity contribution >= 4 is 15.9 Å². The van der Waals surface area contributed by atoms with Crippen molar-refractivity contribution in [3.8, 4) is 0 Å². The molecular formula is C10H14BrNO. The summed E-state index contributed by atoms with van der Waals surface area (Å²) in [4.78, 5) is 2.46. The molecule has 2 nitrogen and oxygen atoms in total. The first kappa shape index (κ1) is 9.28. The third-order valence-electron chi connectivity index (χ3n) is 2.67. The van der Waals surface area contributed by atoms with E-state index in [-0.39, 0.29) is 0 Å². The Labute approximate surface area is 87.0 Å². The van der Waals surface area contributed by atoms with Crippen LogP contribution in [0, 0.1) is 0 Å². The fraction of sp³-hybridized carbons (Fsp3) is 0.600. The van der Waals surface area contributed by atoms with Crippen molar-refractivity contribution in [2.45, 2.75) is 32.4 Å². The summed E-state index contributed by atoms with van der Waals surface area (Å²) >= 11 is 3.38. The highest BCUT2D eigenvalue weighted by Crippen LogP contribution is 2.21. The van der Waals surface area contributed by atoms with Crippen LogP contribution >= 0.6 is 15.9 Å². The number of nitrogens with zero attached hydrogens (tertiary/aromatic N) is 1. The van der Waals surface area contributed by atoms with E-state index >= 15 is 0 Å². The maximum atomic E-state index is 5.39. The van der Waals surface area contributed by atoms with Crippen LogP contribution in [0.5, 0.6) is 0 Å². The van der Waals surface area contributed by atoms with E-state index in [4.69, 9.17) is 4.42 Å². The molecule has 1 saturated heterocycles. The number of hydrogen-bond donors (Lipinski definition) is 0. The molecule has 0 radical (unpaired) electrons. The highest BCUT2D eigenvalue weighted by atomic mass is 79.9. The lowest BCUT2D eigenvalue weighted by Gasteiger charge is -2.18. The first-order valence-electron chi connectivity index (χ1n) is 4.72. The Morgan fingerprint density at radius 3 is 3.08 bits per heavy atom. The number of halogens is 1. The van der Waals surface area contributed by atoms with Crippen molar-refractivity contribution in [3.05, 3.63) is 22.6 Å². The quantitative estimate of drug-likeness (QED) is 0.795. The molecule has 2 rings (SSSR count). The summed E-state index contributed by atoms with van der Waals surface area (Å²) in [6.45, 7) is 4.44. The zero-order valence-corrected chi connectivity index (χ0v) is 9.38. The number of rotatable bonds is 2. The summed E-state index contributed by atoms with van der Waals surface area (Å²) in [5.74, 6) is 1.06. The average Bonchev–Trinajstić information content (AvgIpc) is 2.64. The first-order valence-corrected chi connectivity index (χ1v) is 5.52. The summed E-state index contributed by atoms with van der Waals surface area (Å²) < 4.78 is 6.42. The van der Waals surface area contributed by atoms with Gasteiger partial charge in [-0.2, -0.15) is 0 Å². The number of likely N-dealkylation sites (tertiary alicyclic amines) is 1. The van der Waals surface area contributed by atoms with Gasteiger partial charge in [0.1, 0.15) is 12.0 Å². The smallest absolute Gasteiger partial charge is 0.118 e. The molecule has 0 N–H and O–H groups in total. The molecule has 1 fully saturated rings. The molecule has 3 heteroatoms. The third-order valence-corrected chi connectivity index (χ3v) is 3.09. The van der Waals surface area contributed by atoms with E-state index < -0.39 is 0 Å². The van der Waals surface area contributed by atoms with Crippen molar-refractivity contribution in [2.24, 2.45) is 0 Å². The van der Waals surface area contributed by atoms with Crippen LogP contribution in [0.4, 0.5) is 0 Å². The van der Waals surface area contributed by atoms with Crippen molar-refractivity contribution in [1.82, 2.24) is 4.90 Å². The topological polar surface area (TPSA) is 16.4 Å². The van der Waals surface area contributed by atoms with Crippen molar-refractivity contribution in [3.63, 3.8) is 0 Å². The lowest BCUT2D eigenvalue weighted by Crippen LogP contribution is -2.25. The number of furan rings is 1. The van der Waals surface area contributed by atoms with E-state index in [1.165, 1.54) is 19.4 Å². The van der Waals surface area contributed by atoms with Gasteiger partial charge in [0, 0.05) is 6.04 Å². The molecule has 0 aromatic carbocycles. The summed E-state index contributed by atoms with van der Waals surface area (Å²) in [6, 6.07) is 2.76. The summed E-state index contributed by atoms with van der Waals surface area (Å²) in [6.07, 6.45) is 4.39. The zero-order chi connectivity index (χ0) is 9.26. The van der Waals surface area contributed by atoms with Gasteiger partial charge in [-0.15, -0.1) is 0 Å². The largest absolute Gasteiger partial charge is 0.467 e. The molecule has 1 atom stereocenters. The van der Waals surface area contributed by atoms with Gasteiger partial charge in [-0.1, -0.05) is 0 Å². The lowest BCUT2D eigenvalue weighted by atomic mass is 10.2. The van der Waals surface area contributed by atoms with Gasteiger partial charge in [-0.05, 0) is 48.3 Å². The highest BCUT2D eigenvalue weighted by Gasteiger charge is 2.20. The Morgan fingerprint density at radius 2 is 2.54 bits per heavy atom. The Kier molecular flexibility index (Phi) is 2.74. The maximum Gasteiger partial charge on any atom is 0.118 e. The van der Waals surface area contributed by atoms with Crippen molar-refractivity contribution < 1.29 is 4.42 Å². The second kappa shape index (κ2) is 3.84. The maximum absolute atomic E-state index is 5.39. The molecule has 0 aliphatic carbocycles. The van der Waals surface area contributed by atoms with Crippen LogP contribution in [-0.4, -0.2) is 17.5 Å². The Balaban J connectivity index is 1.97. The molecule has 0 saturated carbocycles. The zero-order valence-electron chi connectivity index (χ0n) is 7.79. The molecular weight excluding hydrogens is 230 g/mol. The average molecular weight is 244 g/mol. The van der Waals surface area contributed by atoms with Crippen molar-refractivity contribution in [1.29, 1.82) is 0 Å². The third kappa shape index (κ3) is 2.15. The minimum absolute atomic E-state index is 0.712. The van der Waals surface area contributed by atoms with Gasteiger partial charge in [-0.25, -0.2) is 0 Å². The van der Waals surface area contributed by atoms with Crippen LogP contribution in [0.1, 0.15) is 25.5 Å². The van der Waals surface area contributed by atoms with Crippen LogP contribution in [-0.2, 0) is 6.54 Å². The first-order chi connectivity index (χ1) is 6.25. The summed E-state index contributed by atoms with van der Waals surface area (Å²) in [5, 5.41) is 0. The monoisotopic (exact) mass is 243 g/mol. The van der Waals surface area contributed by atoms with Crippen LogP contribution in [0.15, 0.2) is 21.2 Å². The SMILES string of the molecule is CC1CCCN1Cc1cc(Br)co1. The predicted octanol–water partition coefficient (Wildman–Crippen LogP) is 3.03. The molecule has 0 amide bonds. The second-order valence-corrected chi connectivity index (χ2v) is 4.61. The van der Waals surface area contributed by atoms with Crippen LogP contribution in [0.25, 0.3) is 0 Å². The van der Waals surface area contributed by atoms with Gasteiger partial charge >= 0.3 is 0 Å². The minimum atomic E-state index is 0.712. The van der Waals surface area contributed by atoms with Gasteiger partial charge in [0.15, 0.2) is 0 Å². The molecule has 1 aromatic heterocycles. The molecule has 1 aliphatic heterocycles. The summed E-state index contributed by atoms with van der Waals surface area (Å²) in [5.41, 5.74) is 0. The molecule has 0 bridgehead atoms. The van der Waals surface area contributed by atoms with Crippen LogP contribution < -0.4 is 0 Å². The standard InChI is InChI=1S/C10H14BrNO/c1-8-3-2-4-12(8)6-10-5-9(11)7-13-10/h5,7-8H,2-4,6H2,1H3. The van der Waals surface area contributed by atoms with Gasteiger partial charge < -0.3 is 4.42 Å². The highest BCUT2D eigenvalue weighted by molar-refractivity contribution is 9.10. The van der Waals surface area contributed by atoms with E-state index in [1.54, 1.807) is 6.26 Å². The number of hydrogen-bond acceptors (Lipinski definition) is 2. The van der Waals surface area contributed by atoms with Gasteiger partial charge in [-0.3, -0.25) is 4.90 Å². The fourth-order valence-electron chi connectivity index (χ4n) is 1.86. The Morgan fingerprint density at radius 1 is 1.69 bits per heavy atom. The van der Waals surface area contributed by atoms with Crippen molar-refractivity contribution in [2.75, 3.05) is 6.54 Å². The van der Waals surface area contributed by atoms with E-state index in [9.17, 15) is 0 Å². The molecule has 1 aliphatic rings. The van der Waals surface area contributed by atoms with E-state index in [0.717, 1.165) is 16.8 Å². The van der Waals surface area contributed by atoms with Gasteiger partial charge in [0.2, 0.25) is 0 Å².